The van der Waals surface area contributed by atoms with Gasteiger partial charge in [0.25, 0.3) is 5.91 Å². The highest BCUT2D eigenvalue weighted by molar-refractivity contribution is 6.05. The van der Waals surface area contributed by atoms with Crippen LogP contribution in [0.15, 0.2) is 48.5 Å². The van der Waals surface area contributed by atoms with Crippen molar-refractivity contribution >= 4 is 29.2 Å². The van der Waals surface area contributed by atoms with Gasteiger partial charge in [0.05, 0.1) is 13.5 Å². The average molecular weight is 326 g/mol. The van der Waals surface area contributed by atoms with E-state index in [1.807, 2.05) is 0 Å². The number of hydrogen-bond acceptors (Lipinski definition) is 4. The summed E-state index contributed by atoms with van der Waals surface area (Å²) < 4.78 is 4.61. The number of anilines is 2. The Labute approximate surface area is 139 Å². The maximum Gasteiger partial charge on any atom is 0.309 e. The highest BCUT2D eigenvalue weighted by atomic mass is 16.5. The monoisotopic (exact) mass is 326 g/mol. The molecule has 0 radical (unpaired) electrons. The first-order valence-electron chi connectivity index (χ1n) is 7.32. The van der Waals surface area contributed by atoms with E-state index in [0.717, 1.165) is 5.56 Å². The fraction of sp³-hybridized carbons (Fsp3) is 0.167. The summed E-state index contributed by atoms with van der Waals surface area (Å²) in [6.45, 7) is 1.41. The SMILES string of the molecule is COC(=O)Cc1ccc(NC(=O)c2cccc(NC(C)=O)c2)cc1. The zero-order valence-electron chi connectivity index (χ0n) is 13.5. The second-order valence-corrected chi connectivity index (χ2v) is 5.17. The van der Waals surface area contributed by atoms with Crippen LogP contribution in [0, 0.1) is 0 Å². The number of methoxy groups -OCH3 is 1. The van der Waals surface area contributed by atoms with E-state index in [1.54, 1.807) is 48.5 Å². The molecular weight excluding hydrogens is 308 g/mol. The largest absolute Gasteiger partial charge is 0.469 e. The fourth-order valence-corrected chi connectivity index (χ4v) is 2.09. The number of ether oxygens (including phenoxy) is 1. The Kier molecular flexibility index (Phi) is 5.68. The number of carbonyl (C=O) groups excluding carboxylic acids is 3. The van der Waals surface area contributed by atoms with Crippen LogP contribution in [0.4, 0.5) is 11.4 Å². The van der Waals surface area contributed by atoms with Gasteiger partial charge in [-0.2, -0.15) is 0 Å². The van der Waals surface area contributed by atoms with E-state index < -0.39 is 0 Å². The van der Waals surface area contributed by atoms with Crippen LogP contribution in [0.25, 0.3) is 0 Å². The van der Waals surface area contributed by atoms with Crippen LogP contribution in [0.1, 0.15) is 22.8 Å². The summed E-state index contributed by atoms with van der Waals surface area (Å²) in [4.78, 5) is 34.5. The normalized spacial score (nSPS) is 9.92. The Balaban J connectivity index is 2.04. The van der Waals surface area contributed by atoms with E-state index in [9.17, 15) is 14.4 Å². The summed E-state index contributed by atoms with van der Waals surface area (Å²) in [6, 6.07) is 13.6. The number of carbonyl (C=O) groups is 3. The molecule has 6 nitrogen and oxygen atoms in total. The number of benzene rings is 2. The van der Waals surface area contributed by atoms with Crippen molar-refractivity contribution in [3.8, 4) is 0 Å². The molecule has 0 aliphatic carbocycles. The number of rotatable bonds is 5. The zero-order valence-corrected chi connectivity index (χ0v) is 13.5. The highest BCUT2D eigenvalue weighted by Crippen LogP contribution is 2.15. The van der Waals surface area contributed by atoms with E-state index in [4.69, 9.17) is 0 Å². The molecule has 0 fully saturated rings. The standard InChI is InChI=1S/C18H18N2O4/c1-12(21)19-16-5-3-4-14(11-16)18(23)20-15-8-6-13(7-9-15)10-17(22)24-2/h3-9,11H,10H2,1-2H3,(H,19,21)(H,20,23). The number of esters is 1. The third-order valence-corrected chi connectivity index (χ3v) is 3.23. The Morgan fingerprint density at radius 2 is 1.67 bits per heavy atom. The van der Waals surface area contributed by atoms with Gasteiger partial charge in [0.15, 0.2) is 0 Å². The molecule has 2 amide bonds. The fourth-order valence-electron chi connectivity index (χ4n) is 2.09. The first-order chi connectivity index (χ1) is 11.5. The second-order valence-electron chi connectivity index (χ2n) is 5.17. The van der Waals surface area contributed by atoms with E-state index in [1.165, 1.54) is 14.0 Å². The van der Waals surface area contributed by atoms with Crippen molar-refractivity contribution in [2.24, 2.45) is 0 Å². The lowest BCUT2D eigenvalue weighted by molar-refractivity contribution is -0.139. The molecule has 0 atom stereocenters. The van der Waals surface area contributed by atoms with Gasteiger partial charge in [-0.3, -0.25) is 14.4 Å². The average Bonchev–Trinajstić information content (AvgIpc) is 2.56. The van der Waals surface area contributed by atoms with Gasteiger partial charge >= 0.3 is 5.97 Å². The quantitative estimate of drug-likeness (QED) is 0.827. The topological polar surface area (TPSA) is 84.5 Å². The first kappa shape index (κ1) is 17.2. The molecule has 2 rings (SSSR count). The summed E-state index contributed by atoms with van der Waals surface area (Å²) in [5.74, 6) is -0.807. The lowest BCUT2D eigenvalue weighted by Crippen LogP contribution is -2.13. The third kappa shape index (κ3) is 4.95. The molecule has 0 heterocycles. The predicted octanol–water partition coefficient (Wildman–Crippen LogP) is 2.61. The molecule has 2 aromatic carbocycles. The Morgan fingerprint density at radius 1 is 0.958 bits per heavy atom. The summed E-state index contributed by atoms with van der Waals surface area (Å²) in [6.07, 6.45) is 0.184. The van der Waals surface area contributed by atoms with Gasteiger partial charge in [-0.15, -0.1) is 0 Å². The van der Waals surface area contributed by atoms with Crippen LogP contribution in [0.3, 0.4) is 0 Å². The number of nitrogens with one attached hydrogen (secondary N) is 2. The minimum atomic E-state index is -0.318. The molecule has 0 spiro atoms. The molecule has 0 aliphatic heterocycles. The van der Waals surface area contributed by atoms with Crippen LogP contribution in [0.5, 0.6) is 0 Å². The molecule has 0 bridgehead atoms. The predicted molar refractivity (Wildman–Crippen MR) is 90.9 cm³/mol. The van der Waals surface area contributed by atoms with Gasteiger partial charge < -0.3 is 15.4 Å². The van der Waals surface area contributed by atoms with Crippen LogP contribution in [-0.2, 0) is 20.7 Å². The van der Waals surface area contributed by atoms with Gasteiger partial charge in [0, 0.05) is 23.9 Å². The van der Waals surface area contributed by atoms with E-state index >= 15 is 0 Å². The van der Waals surface area contributed by atoms with Crippen molar-refractivity contribution < 1.29 is 19.1 Å². The molecular formula is C18H18N2O4. The van der Waals surface area contributed by atoms with Crippen molar-refractivity contribution in [2.75, 3.05) is 17.7 Å². The Hall–Kier alpha value is -3.15. The molecule has 0 aromatic heterocycles. The van der Waals surface area contributed by atoms with E-state index in [0.29, 0.717) is 16.9 Å². The molecule has 24 heavy (non-hydrogen) atoms. The minimum absolute atomic E-state index is 0.184. The summed E-state index contributed by atoms with van der Waals surface area (Å²) in [7, 11) is 1.34. The van der Waals surface area contributed by atoms with Crippen LogP contribution < -0.4 is 10.6 Å². The second kappa shape index (κ2) is 7.92. The molecule has 2 N–H and O–H groups in total. The van der Waals surface area contributed by atoms with Crippen molar-refractivity contribution in [2.45, 2.75) is 13.3 Å². The first-order valence-corrected chi connectivity index (χ1v) is 7.32. The minimum Gasteiger partial charge on any atom is -0.469 e. The molecule has 124 valence electrons. The number of amides is 2. The van der Waals surface area contributed by atoms with Crippen LogP contribution >= 0.6 is 0 Å². The van der Waals surface area contributed by atoms with Gasteiger partial charge in [-0.1, -0.05) is 18.2 Å². The summed E-state index contributed by atoms with van der Waals surface area (Å²) >= 11 is 0. The van der Waals surface area contributed by atoms with Crippen molar-refractivity contribution in [1.82, 2.24) is 0 Å². The molecule has 0 unspecified atom stereocenters. The molecule has 2 aromatic rings. The Morgan fingerprint density at radius 3 is 2.29 bits per heavy atom. The number of hydrogen-bond donors (Lipinski definition) is 2. The van der Waals surface area contributed by atoms with Crippen molar-refractivity contribution in [1.29, 1.82) is 0 Å². The maximum absolute atomic E-state index is 12.3. The van der Waals surface area contributed by atoms with Gasteiger partial charge in [0.2, 0.25) is 5.91 Å². The lowest BCUT2D eigenvalue weighted by atomic mass is 10.1. The van der Waals surface area contributed by atoms with Gasteiger partial charge in [-0.25, -0.2) is 0 Å². The third-order valence-electron chi connectivity index (χ3n) is 3.23. The zero-order chi connectivity index (χ0) is 17.5. The molecule has 0 saturated heterocycles. The summed E-state index contributed by atoms with van der Waals surface area (Å²) in [5.41, 5.74) is 2.40. The molecule has 0 aliphatic rings. The Bertz CT molecular complexity index is 754. The van der Waals surface area contributed by atoms with Crippen molar-refractivity contribution in [3.05, 3.63) is 59.7 Å². The lowest BCUT2D eigenvalue weighted by Gasteiger charge is -2.08. The highest BCUT2D eigenvalue weighted by Gasteiger charge is 2.08. The van der Waals surface area contributed by atoms with Gasteiger partial charge in [0.1, 0.15) is 0 Å². The van der Waals surface area contributed by atoms with Crippen molar-refractivity contribution in [3.63, 3.8) is 0 Å². The molecule has 0 saturated carbocycles. The van der Waals surface area contributed by atoms with E-state index in [2.05, 4.69) is 15.4 Å². The maximum atomic E-state index is 12.3. The van der Waals surface area contributed by atoms with Crippen LogP contribution in [-0.4, -0.2) is 24.9 Å². The van der Waals surface area contributed by atoms with Gasteiger partial charge in [-0.05, 0) is 35.9 Å². The summed E-state index contributed by atoms with van der Waals surface area (Å²) in [5, 5.41) is 5.40. The van der Waals surface area contributed by atoms with Crippen LogP contribution in [0.2, 0.25) is 0 Å². The van der Waals surface area contributed by atoms with E-state index in [-0.39, 0.29) is 24.2 Å². The smallest absolute Gasteiger partial charge is 0.309 e. The molecule has 6 heteroatoms.